The van der Waals surface area contributed by atoms with Gasteiger partial charge in [-0.05, 0) is 37.3 Å². The maximum absolute atomic E-state index is 6.34. The fourth-order valence-electron chi connectivity index (χ4n) is 3.12. The van der Waals surface area contributed by atoms with E-state index >= 15 is 0 Å². The first-order chi connectivity index (χ1) is 13.2. The number of aryl methyl sites for hydroxylation is 1. The zero-order valence-electron chi connectivity index (χ0n) is 15.0. The summed E-state index contributed by atoms with van der Waals surface area (Å²) in [6.07, 6.45) is 3.48. The van der Waals surface area contributed by atoms with Crippen molar-refractivity contribution in [1.29, 1.82) is 0 Å². The first-order valence-corrected chi connectivity index (χ1v) is 8.87. The Morgan fingerprint density at radius 2 is 2.00 bits per heavy atom. The molecule has 0 aliphatic heterocycles. The molecule has 0 spiro atoms. The number of nitrogens with one attached hydrogen (secondary N) is 1. The van der Waals surface area contributed by atoms with E-state index in [1.54, 1.807) is 19.6 Å². The smallest absolute Gasteiger partial charge is 0.170 e. The van der Waals surface area contributed by atoms with E-state index in [4.69, 9.17) is 16.3 Å². The second-order valence-corrected chi connectivity index (χ2v) is 6.47. The summed E-state index contributed by atoms with van der Waals surface area (Å²) >= 11 is 6.34. The van der Waals surface area contributed by atoms with Gasteiger partial charge < -0.3 is 10.1 Å². The van der Waals surface area contributed by atoms with Crippen LogP contribution in [0.1, 0.15) is 11.3 Å². The van der Waals surface area contributed by atoms with Crippen LogP contribution in [-0.2, 0) is 6.54 Å². The highest BCUT2D eigenvalue weighted by molar-refractivity contribution is 6.31. The molecule has 0 fully saturated rings. The van der Waals surface area contributed by atoms with Crippen molar-refractivity contribution in [2.75, 3.05) is 12.4 Å². The predicted molar refractivity (Wildman–Crippen MR) is 106 cm³/mol. The monoisotopic (exact) mass is 379 g/mol. The highest BCUT2D eigenvalue weighted by Crippen LogP contribution is 2.30. The summed E-state index contributed by atoms with van der Waals surface area (Å²) in [6, 6.07) is 13.6. The van der Waals surface area contributed by atoms with Gasteiger partial charge in [0, 0.05) is 40.1 Å². The van der Waals surface area contributed by atoms with Gasteiger partial charge in [-0.25, -0.2) is 0 Å². The Bertz CT molecular complexity index is 1110. The molecule has 6 nitrogen and oxygen atoms in total. The molecular weight excluding hydrogens is 362 g/mol. The Morgan fingerprint density at radius 1 is 1.11 bits per heavy atom. The summed E-state index contributed by atoms with van der Waals surface area (Å²) in [5.74, 6) is 1.61. The number of fused-ring (bicyclic) bond motifs is 1. The second kappa shape index (κ2) is 7.25. The van der Waals surface area contributed by atoms with Crippen molar-refractivity contribution in [2.45, 2.75) is 13.5 Å². The Labute approximate surface area is 161 Å². The summed E-state index contributed by atoms with van der Waals surface area (Å²) in [6.45, 7) is 2.50. The van der Waals surface area contributed by atoms with Crippen LogP contribution < -0.4 is 10.1 Å². The normalized spacial score (nSPS) is 10.9. The average Bonchev–Trinajstić information content (AvgIpc) is 3.17. The van der Waals surface area contributed by atoms with Gasteiger partial charge in [0.15, 0.2) is 5.65 Å². The van der Waals surface area contributed by atoms with Crippen LogP contribution in [0.2, 0.25) is 5.02 Å². The summed E-state index contributed by atoms with van der Waals surface area (Å²) < 4.78 is 7.34. The zero-order chi connectivity index (χ0) is 18.8. The van der Waals surface area contributed by atoms with Crippen LogP contribution in [0.25, 0.3) is 16.8 Å². The lowest BCUT2D eigenvalue weighted by Crippen LogP contribution is -2.06. The summed E-state index contributed by atoms with van der Waals surface area (Å²) in [4.78, 5) is 4.37. The molecule has 0 bridgehead atoms. The number of halogens is 1. The molecule has 0 aliphatic rings. The molecule has 7 heteroatoms. The van der Waals surface area contributed by atoms with E-state index < -0.39 is 0 Å². The minimum atomic E-state index is 0.515. The summed E-state index contributed by atoms with van der Waals surface area (Å²) in [7, 11) is 1.64. The molecule has 1 N–H and O–H groups in total. The van der Waals surface area contributed by atoms with Gasteiger partial charge in [-0.3, -0.25) is 9.38 Å². The van der Waals surface area contributed by atoms with E-state index in [1.807, 2.05) is 53.8 Å². The van der Waals surface area contributed by atoms with Gasteiger partial charge in [0.1, 0.15) is 17.9 Å². The Kier molecular flexibility index (Phi) is 4.64. The maximum Gasteiger partial charge on any atom is 0.170 e. The highest BCUT2D eigenvalue weighted by atomic mass is 35.5. The molecule has 136 valence electrons. The fourth-order valence-corrected chi connectivity index (χ4v) is 3.35. The number of anilines is 1. The maximum atomic E-state index is 6.34. The van der Waals surface area contributed by atoms with E-state index in [0.717, 1.165) is 39.6 Å². The van der Waals surface area contributed by atoms with Crippen molar-refractivity contribution in [2.24, 2.45) is 0 Å². The molecule has 1 aromatic carbocycles. The lowest BCUT2D eigenvalue weighted by Gasteiger charge is -2.14. The topological polar surface area (TPSA) is 64.3 Å². The number of nitrogens with zero attached hydrogens (tertiary/aromatic N) is 4. The predicted octanol–water partition coefficient (Wildman–Crippen LogP) is 4.37. The number of methoxy groups -OCH3 is 1. The molecule has 4 rings (SSSR count). The van der Waals surface area contributed by atoms with Gasteiger partial charge in [0.05, 0.1) is 7.11 Å². The highest BCUT2D eigenvalue weighted by Gasteiger charge is 2.13. The van der Waals surface area contributed by atoms with Crippen molar-refractivity contribution < 1.29 is 4.74 Å². The number of hydrogen-bond acceptors (Lipinski definition) is 5. The van der Waals surface area contributed by atoms with Crippen molar-refractivity contribution in [3.63, 3.8) is 0 Å². The number of ether oxygens (including phenoxy) is 1. The third kappa shape index (κ3) is 3.19. The van der Waals surface area contributed by atoms with Gasteiger partial charge >= 0.3 is 0 Å². The molecule has 0 amide bonds. The Balaban J connectivity index is 1.70. The van der Waals surface area contributed by atoms with Crippen LogP contribution in [0, 0.1) is 6.92 Å². The van der Waals surface area contributed by atoms with Gasteiger partial charge in [-0.1, -0.05) is 23.7 Å². The molecule has 0 saturated carbocycles. The van der Waals surface area contributed by atoms with Crippen molar-refractivity contribution >= 4 is 23.1 Å². The first kappa shape index (κ1) is 17.3. The minimum Gasteiger partial charge on any atom is -0.496 e. The second-order valence-electron chi connectivity index (χ2n) is 6.07. The Morgan fingerprint density at radius 3 is 2.81 bits per heavy atom. The molecule has 0 unspecified atom stereocenters. The SMILES string of the molecule is COc1cccc(Cl)c1CNc1ccc(-c2cccnc2C)c2nncn12. The molecule has 0 saturated heterocycles. The van der Waals surface area contributed by atoms with Gasteiger partial charge in [0.2, 0.25) is 0 Å². The largest absolute Gasteiger partial charge is 0.496 e. The van der Waals surface area contributed by atoms with E-state index in [1.165, 1.54) is 0 Å². The summed E-state index contributed by atoms with van der Waals surface area (Å²) in [5.41, 5.74) is 4.63. The molecule has 0 aliphatic carbocycles. The third-order valence-corrected chi connectivity index (χ3v) is 4.85. The van der Waals surface area contributed by atoms with Crippen LogP contribution in [0.15, 0.2) is 55.0 Å². The molecular formula is C20H18ClN5O. The number of pyridine rings is 2. The van der Waals surface area contributed by atoms with E-state index in [2.05, 4.69) is 20.5 Å². The number of aromatic nitrogens is 4. The molecule has 4 aromatic rings. The van der Waals surface area contributed by atoms with Crippen LogP contribution in [0.4, 0.5) is 5.82 Å². The quantitative estimate of drug-likeness (QED) is 0.557. The zero-order valence-corrected chi connectivity index (χ0v) is 15.7. The first-order valence-electron chi connectivity index (χ1n) is 8.49. The van der Waals surface area contributed by atoms with Crippen molar-refractivity contribution in [1.82, 2.24) is 19.6 Å². The van der Waals surface area contributed by atoms with E-state index in [-0.39, 0.29) is 0 Å². The molecule has 0 radical (unpaired) electrons. The Hall–Kier alpha value is -3.12. The van der Waals surface area contributed by atoms with Gasteiger partial charge in [-0.15, -0.1) is 10.2 Å². The van der Waals surface area contributed by atoms with Crippen molar-refractivity contribution in [3.8, 4) is 16.9 Å². The number of benzene rings is 1. The number of hydrogen-bond donors (Lipinski definition) is 1. The van der Waals surface area contributed by atoms with Crippen molar-refractivity contribution in [3.05, 3.63) is 71.3 Å². The molecule has 3 heterocycles. The minimum absolute atomic E-state index is 0.515. The van der Waals surface area contributed by atoms with Crippen LogP contribution in [0.5, 0.6) is 5.75 Å². The fraction of sp³-hybridized carbons (Fsp3) is 0.150. The summed E-state index contributed by atoms with van der Waals surface area (Å²) in [5, 5.41) is 12.4. The van der Waals surface area contributed by atoms with Gasteiger partial charge in [-0.2, -0.15) is 0 Å². The van der Waals surface area contributed by atoms with Crippen LogP contribution in [0.3, 0.4) is 0 Å². The molecule has 3 aromatic heterocycles. The van der Waals surface area contributed by atoms with E-state index in [9.17, 15) is 0 Å². The van der Waals surface area contributed by atoms with E-state index in [0.29, 0.717) is 11.6 Å². The lowest BCUT2D eigenvalue weighted by atomic mass is 10.1. The third-order valence-electron chi connectivity index (χ3n) is 4.50. The van der Waals surface area contributed by atoms with Crippen LogP contribution in [-0.4, -0.2) is 26.7 Å². The number of rotatable bonds is 5. The van der Waals surface area contributed by atoms with Gasteiger partial charge in [0.25, 0.3) is 0 Å². The molecule has 0 atom stereocenters. The standard InChI is InChI=1S/C20H18ClN5O/c1-13-14(5-4-10-22-13)15-8-9-19(26-12-24-25-20(15)26)23-11-16-17(21)6-3-7-18(16)27-2/h3-10,12,23H,11H2,1-2H3. The average molecular weight is 380 g/mol. The molecule has 27 heavy (non-hydrogen) atoms. The van der Waals surface area contributed by atoms with Crippen LogP contribution >= 0.6 is 11.6 Å². The lowest BCUT2D eigenvalue weighted by molar-refractivity contribution is 0.410.